The molecule has 3 unspecified atom stereocenters. The fourth-order valence-corrected chi connectivity index (χ4v) is 1.39. The predicted molar refractivity (Wildman–Crippen MR) is 65.4 cm³/mol. The summed E-state index contributed by atoms with van der Waals surface area (Å²) in [7, 11) is 0. The third kappa shape index (κ3) is 7.76. The maximum Gasteiger partial charge on any atom is 0.338 e. The Kier molecular flexibility index (Phi) is 9.11. The minimum absolute atomic E-state index is 0.0461. The lowest BCUT2D eigenvalue weighted by Crippen LogP contribution is -2.40. The molecule has 7 heteroatoms. The van der Waals surface area contributed by atoms with E-state index in [9.17, 15) is 14.7 Å². The molecule has 0 bridgehead atoms. The summed E-state index contributed by atoms with van der Waals surface area (Å²) in [5, 5.41) is 35.7. The molecule has 0 aliphatic heterocycles. The number of rotatable bonds is 10. The van der Waals surface area contributed by atoms with Crippen molar-refractivity contribution in [1.29, 1.82) is 0 Å². The third-order valence-electron chi connectivity index (χ3n) is 2.69. The van der Waals surface area contributed by atoms with Crippen LogP contribution in [0.1, 0.15) is 39.0 Å². The maximum absolute atomic E-state index is 11.1. The van der Waals surface area contributed by atoms with Crippen molar-refractivity contribution in [3.63, 3.8) is 0 Å². The van der Waals surface area contributed by atoms with Crippen molar-refractivity contribution in [3.05, 3.63) is 0 Å². The van der Waals surface area contributed by atoms with Gasteiger partial charge in [0.2, 0.25) is 0 Å². The number of aliphatic hydroxyl groups is 3. The number of carboxylic acids is 1. The molecule has 0 aliphatic rings. The molecule has 0 aromatic heterocycles. The number of hydrogen-bond acceptors (Lipinski definition) is 6. The van der Waals surface area contributed by atoms with Crippen molar-refractivity contribution >= 4 is 11.9 Å². The van der Waals surface area contributed by atoms with E-state index in [1.54, 1.807) is 0 Å². The fraction of sp³-hybridized carbons (Fsp3) is 0.833. The van der Waals surface area contributed by atoms with E-state index in [4.69, 9.17) is 15.3 Å². The fourth-order valence-electron chi connectivity index (χ4n) is 1.39. The number of ether oxygens (including phenoxy) is 1. The largest absolute Gasteiger partial charge is 0.479 e. The highest BCUT2D eigenvalue weighted by Gasteiger charge is 2.31. The number of carbonyl (C=O) groups is 2. The summed E-state index contributed by atoms with van der Waals surface area (Å²) in [5.74, 6) is -2.83. The predicted octanol–water partition coefficient (Wildman–Crippen LogP) is -0.333. The van der Waals surface area contributed by atoms with E-state index in [0.29, 0.717) is 19.3 Å². The second-order valence-corrected chi connectivity index (χ2v) is 4.31. The van der Waals surface area contributed by atoms with Crippen molar-refractivity contribution in [3.8, 4) is 0 Å². The van der Waals surface area contributed by atoms with E-state index in [0.717, 1.165) is 12.8 Å². The third-order valence-corrected chi connectivity index (χ3v) is 2.69. The van der Waals surface area contributed by atoms with Gasteiger partial charge in [-0.2, -0.15) is 0 Å². The van der Waals surface area contributed by atoms with E-state index in [-0.39, 0.29) is 12.7 Å². The Morgan fingerprint density at radius 1 is 1.05 bits per heavy atom. The van der Waals surface area contributed by atoms with Gasteiger partial charge in [0.15, 0.2) is 12.2 Å². The number of aliphatic carboxylic acids is 1. The molecule has 0 fully saturated rings. The Labute approximate surface area is 111 Å². The smallest absolute Gasteiger partial charge is 0.338 e. The van der Waals surface area contributed by atoms with Gasteiger partial charge in [-0.05, 0) is 25.7 Å². The van der Waals surface area contributed by atoms with Gasteiger partial charge in [0.25, 0.3) is 0 Å². The van der Waals surface area contributed by atoms with E-state index < -0.39 is 24.1 Å². The van der Waals surface area contributed by atoms with E-state index in [1.807, 2.05) is 6.92 Å². The van der Waals surface area contributed by atoms with Gasteiger partial charge >= 0.3 is 11.9 Å². The lowest BCUT2D eigenvalue weighted by molar-refractivity contribution is -0.169. The Morgan fingerprint density at radius 3 is 2.21 bits per heavy atom. The molecule has 0 aromatic carbocycles. The van der Waals surface area contributed by atoms with Gasteiger partial charge in [-0.3, -0.25) is 0 Å². The van der Waals surface area contributed by atoms with Crippen LogP contribution in [-0.4, -0.2) is 57.3 Å². The van der Waals surface area contributed by atoms with E-state index in [2.05, 4.69) is 4.74 Å². The zero-order chi connectivity index (χ0) is 14.8. The van der Waals surface area contributed by atoms with Crippen LogP contribution < -0.4 is 0 Å². The number of aliphatic hydroxyl groups excluding tert-OH is 3. The topological polar surface area (TPSA) is 124 Å². The minimum Gasteiger partial charge on any atom is -0.479 e. The molecule has 0 aromatic rings. The van der Waals surface area contributed by atoms with Crippen LogP contribution in [0.25, 0.3) is 0 Å². The second kappa shape index (κ2) is 9.71. The molecule has 4 N–H and O–H groups in total. The molecule has 0 rings (SSSR count). The van der Waals surface area contributed by atoms with Crippen LogP contribution in [-0.2, 0) is 14.3 Å². The average Bonchev–Trinajstić information content (AvgIpc) is 2.39. The summed E-state index contributed by atoms with van der Waals surface area (Å²) < 4.78 is 4.63. The Bertz CT molecular complexity index is 279. The first-order valence-corrected chi connectivity index (χ1v) is 6.33. The van der Waals surface area contributed by atoms with E-state index >= 15 is 0 Å². The Hall–Kier alpha value is -1.18. The molecule has 112 valence electrons. The molecular formula is C12H22O7. The molecule has 0 radical (unpaired) electrons. The van der Waals surface area contributed by atoms with Gasteiger partial charge in [0.1, 0.15) is 0 Å². The van der Waals surface area contributed by atoms with Crippen molar-refractivity contribution in [2.45, 2.75) is 57.3 Å². The number of unbranched alkanes of at least 4 members (excludes halogenated alkanes) is 2. The zero-order valence-electron chi connectivity index (χ0n) is 11.0. The first-order valence-electron chi connectivity index (χ1n) is 6.33. The van der Waals surface area contributed by atoms with Crippen LogP contribution >= 0.6 is 0 Å². The van der Waals surface area contributed by atoms with Gasteiger partial charge < -0.3 is 25.2 Å². The molecule has 7 nitrogen and oxygen atoms in total. The highest BCUT2D eigenvalue weighted by atomic mass is 16.5. The van der Waals surface area contributed by atoms with Gasteiger partial charge in [-0.1, -0.05) is 13.3 Å². The number of carboxylic acid groups (broad SMARTS) is 1. The SMILES string of the molecule is CCC(O)CCCCCOC(=O)C(O)C(O)C(=O)O. The Morgan fingerprint density at radius 2 is 1.68 bits per heavy atom. The summed E-state index contributed by atoms with van der Waals surface area (Å²) in [6, 6.07) is 0. The molecule has 3 atom stereocenters. The summed E-state index contributed by atoms with van der Waals surface area (Å²) >= 11 is 0. The average molecular weight is 278 g/mol. The summed E-state index contributed by atoms with van der Waals surface area (Å²) in [5.41, 5.74) is 0. The lowest BCUT2D eigenvalue weighted by Gasteiger charge is -2.13. The summed E-state index contributed by atoms with van der Waals surface area (Å²) in [6.45, 7) is 1.94. The Balaban J connectivity index is 3.66. The summed E-state index contributed by atoms with van der Waals surface area (Å²) in [4.78, 5) is 21.5. The molecule has 0 amide bonds. The first kappa shape index (κ1) is 17.8. The molecule has 0 heterocycles. The second-order valence-electron chi connectivity index (χ2n) is 4.31. The monoisotopic (exact) mass is 278 g/mol. The van der Waals surface area contributed by atoms with Crippen molar-refractivity contribution in [2.75, 3.05) is 6.61 Å². The highest BCUT2D eigenvalue weighted by Crippen LogP contribution is 2.06. The van der Waals surface area contributed by atoms with Crippen molar-refractivity contribution in [1.82, 2.24) is 0 Å². The maximum atomic E-state index is 11.1. The van der Waals surface area contributed by atoms with Gasteiger partial charge in [-0.15, -0.1) is 0 Å². The molecule has 0 spiro atoms. The van der Waals surface area contributed by atoms with Gasteiger partial charge in [0.05, 0.1) is 12.7 Å². The van der Waals surface area contributed by atoms with Crippen LogP contribution in [0.2, 0.25) is 0 Å². The van der Waals surface area contributed by atoms with Crippen LogP contribution in [0.4, 0.5) is 0 Å². The normalized spacial score (nSPS) is 15.6. The van der Waals surface area contributed by atoms with Crippen LogP contribution in [0.5, 0.6) is 0 Å². The molecule has 0 aliphatic carbocycles. The molecular weight excluding hydrogens is 256 g/mol. The number of hydrogen-bond donors (Lipinski definition) is 4. The quantitative estimate of drug-likeness (QED) is 0.318. The van der Waals surface area contributed by atoms with Gasteiger partial charge in [-0.25, -0.2) is 9.59 Å². The molecule has 0 saturated heterocycles. The zero-order valence-corrected chi connectivity index (χ0v) is 11.0. The molecule has 19 heavy (non-hydrogen) atoms. The van der Waals surface area contributed by atoms with Crippen molar-refractivity contribution < 1.29 is 34.8 Å². The van der Waals surface area contributed by atoms with Crippen LogP contribution in [0.15, 0.2) is 0 Å². The van der Waals surface area contributed by atoms with Crippen molar-refractivity contribution in [2.24, 2.45) is 0 Å². The highest BCUT2D eigenvalue weighted by molar-refractivity contribution is 5.84. The minimum atomic E-state index is -2.17. The van der Waals surface area contributed by atoms with Crippen LogP contribution in [0.3, 0.4) is 0 Å². The summed E-state index contributed by atoms with van der Waals surface area (Å²) in [6.07, 6.45) is -1.06. The standard InChI is InChI=1S/C12H22O7/c1-2-8(13)6-4-3-5-7-19-12(18)10(15)9(14)11(16)17/h8-10,13-15H,2-7H2,1H3,(H,16,17). The van der Waals surface area contributed by atoms with Crippen LogP contribution in [0, 0.1) is 0 Å². The van der Waals surface area contributed by atoms with E-state index in [1.165, 1.54) is 0 Å². The number of carbonyl (C=O) groups excluding carboxylic acids is 1. The van der Waals surface area contributed by atoms with Gasteiger partial charge in [0, 0.05) is 0 Å². The number of esters is 1. The lowest BCUT2D eigenvalue weighted by atomic mass is 10.1. The molecule has 0 saturated carbocycles. The first-order chi connectivity index (χ1) is 8.90.